The molecule has 2 N–H and O–H groups in total. The second-order valence-electron chi connectivity index (χ2n) is 3.68. The van der Waals surface area contributed by atoms with Crippen molar-refractivity contribution in [2.45, 2.75) is 18.9 Å². The lowest BCUT2D eigenvalue weighted by Gasteiger charge is -2.17. The predicted octanol–water partition coefficient (Wildman–Crippen LogP) is 3.75. The highest BCUT2D eigenvalue weighted by Crippen LogP contribution is 2.39. The zero-order chi connectivity index (χ0) is 12.8. The highest BCUT2D eigenvalue weighted by atomic mass is 35.5. The Hall–Kier alpha value is -0.900. The first-order chi connectivity index (χ1) is 8.15. The van der Waals surface area contributed by atoms with Gasteiger partial charge in [0.05, 0.1) is 19.2 Å². The van der Waals surface area contributed by atoms with Crippen LogP contribution in [0.25, 0.3) is 0 Å². The van der Waals surface area contributed by atoms with E-state index in [0.29, 0.717) is 16.5 Å². The average molecular weight is 292 g/mol. The van der Waals surface area contributed by atoms with Crippen LogP contribution >= 0.6 is 24.0 Å². The Labute approximate surface area is 119 Å². The van der Waals surface area contributed by atoms with E-state index in [1.54, 1.807) is 14.2 Å². The lowest BCUT2D eigenvalue weighted by atomic mass is 10.0. The Bertz CT molecular complexity index is 397. The largest absolute Gasteiger partial charge is 0.493 e. The summed E-state index contributed by atoms with van der Waals surface area (Å²) in [6.07, 6.45) is 3.50. The van der Waals surface area contributed by atoms with Crippen LogP contribution in [0.15, 0.2) is 24.8 Å². The van der Waals surface area contributed by atoms with Crippen LogP contribution in [0.4, 0.5) is 0 Å². The fourth-order valence-electron chi connectivity index (χ4n) is 1.64. The molecule has 0 aliphatic carbocycles. The van der Waals surface area contributed by atoms with Gasteiger partial charge in [0.2, 0.25) is 0 Å². The van der Waals surface area contributed by atoms with E-state index in [4.69, 9.17) is 26.8 Å². The first-order valence-electron chi connectivity index (χ1n) is 5.42. The SMILES string of the molecule is C=CCC[C@@H](N)c1ccc(OC)c(OC)c1Cl.Cl. The molecule has 0 aliphatic rings. The van der Waals surface area contributed by atoms with Gasteiger partial charge in [-0.1, -0.05) is 23.7 Å². The Kier molecular flexibility index (Phi) is 7.83. The molecule has 1 rings (SSSR count). The number of hydrogen-bond acceptors (Lipinski definition) is 3. The molecule has 0 fully saturated rings. The molecule has 0 radical (unpaired) electrons. The molecule has 1 atom stereocenters. The Morgan fingerprint density at radius 2 is 2.06 bits per heavy atom. The van der Waals surface area contributed by atoms with Crippen molar-refractivity contribution in [2.75, 3.05) is 14.2 Å². The molecule has 5 heteroatoms. The van der Waals surface area contributed by atoms with Gasteiger partial charge >= 0.3 is 0 Å². The minimum Gasteiger partial charge on any atom is -0.493 e. The van der Waals surface area contributed by atoms with Gasteiger partial charge in [-0.15, -0.1) is 19.0 Å². The predicted molar refractivity (Wildman–Crippen MR) is 78.2 cm³/mol. The highest BCUT2D eigenvalue weighted by molar-refractivity contribution is 6.33. The summed E-state index contributed by atoms with van der Waals surface area (Å²) in [6.45, 7) is 3.68. The standard InChI is InChI=1S/C13H18ClNO2.ClH/c1-4-5-6-10(15)9-7-8-11(16-2)13(17-3)12(9)14;/h4,7-8,10H,1,5-6,15H2,2-3H3;1H/t10-;/m1./s1. The van der Waals surface area contributed by atoms with Crippen LogP contribution in [0.3, 0.4) is 0 Å². The van der Waals surface area contributed by atoms with Crippen LogP contribution < -0.4 is 15.2 Å². The second kappa shape index (κ2) is 8.25. The highest BCUT2D eigenvalue weighted by Gasteiger charge is 2.17. The lowest BCUT2D eigenvalue weighted by molar-refractivity contribution is 0.354. The second-order valence-corrected chi connectivity index (χ2v) is 4.05. The van der Waals surface area contributed by atoms with Crippen LogP contribution in [-0.2, 0) is 0 Å². The van der Waals surface area contributed by atoms with Crippen molar-refractivity contribution in [1.82, 2.24) is 0 Å². The minimum atomic E-state index is -0.125. The van der Waals surface area contributed by atoms with Crippen LogP contribution in [0.5, 0.6) is 11.5 Å². The maximum absolute atomic E-state index is 6.26. The van der Waals surface area contributed by atoms with E-state index in [1.165, 1.54) is 0 Å². The zero-order valence-corrected chi connectivity index (χ0v) is 12.2. The molecule has 1 aromatic carbocycles. The molecule has 0 bridgehead atoms. The summed E-state index contributed by atoms with van der Waals surface area (Å²) in [6, 6.07) is 3.56. The van der Waals surface area contributed by atoms with E-state index in [9.17, 15) is 0 Å². The third-order valence-electron chi connectivity index (χ3n) is 2.60. The van der Waals surface area contributed by atoms with Crippen molar-refractivity contribution in [3.63, 3.8) is 0 Å². The van der Waals surface area contributed by atoms with Crippen LogP contribution in [-0.4, -0.2) is 14.2 Å². The Morgan fingerprint density at radius 3 is 2.56 bits per heavy atom. The molecule has 3 nitrogen and oxygen atoms in total. The molecule has 18 heavy (non-hydrogen) atoms. The van der Waals surface area contributed by atoms with Gasteiger partial charge in [-0.05, 0) is 24.5 Å². The Morgan fingerprint density at radius 1 is 1.39 bits per heavy atom. The molecule has 0 saturated heterocycles. The quantitative estimate of drug-likeness (QED) is 0.812. The average Bonchev–Trinajstić information content (AvgIpc) is 2.35. The van der Waals surface area contributed by atoms with Gasteiger partial charge in [-0.2, -0.15) is 0 Å². The number of nitrogens with two attached hydrogens (primary N) is 1. The third-order valence-corrected chi connectivity index (χ3v) is 2.99. The van der Waals surface area contributed by atoms with Crippen molar-refractivity contribution in [3.8, 4) is 11.5 Å². The molecule has 0 saturated carbocycles. The van der Waals surface area contributed by atoms with Crippen LogP contribution in [0, 0.1) is 0 Å². The first-order valence-corrected chi connectivity index (χ1v) is 5.80. The maximum atomic E-state index is 6.26. The molecule has 0 aromatic heterocycles. The van der Waals surface area contributed by atoms with Gasteiger partial charge < -0.3 is 15.2 Å². The fraction of sp³-hybridized carbons (Fsp3) is 0.385. The topological polar surface area (TPSA) is 44.5 Å². The number of allylic oxidation sites excluding steroid dienone is 1. The molecule has 1 aromatic rings. The smallest absolute Gasteiger partial charge is 0.179 e. The van der Waals surface area contributed by atoms with E-state index in [2.05, 4.69) is 6.58 Å². The van der Waals surface area contributed by atoms with E-state index >= 15 is 0 Å². The first kappa shape index (κ1) is 17.1. The summed E-state index contributed by atoms with van der Waals surface area (Å²) in [5, 5.41) is 0.517. The van der Waals surface area contributed by atoms with E-state index in [0.717, 1.165) is 18.4 Å². The molecule has 102 valence electrons. The maximum Gasteiger partial charge on any atom is 0.179 e. The minimum absolute atomic E-state index is 0. The van der Waals surface area contributed by atoms with Crippen molar-refractivity contribution < 1.29 is 9.47 Å². The molecule has 0 spiro atoms. The summed E-state index contributed by atoms with van der Waals surface area (Å²) in [7, 11) is 3.13. The normalized spacial score (nSPS) is 11.3. The monoisotopic (exact) mass is 291 g/mol. The van der Waals surface area contributed by atoms with Gasteiger partial charge in [0.25, 0.3) is 0 Å². The van der Waals surface area contributed by atoms with Crippen LogP contribution in [0.2, 0.25) is 5.02 Å². The van der Waals surface area contributed by atoms with E-state index in [-0.39, 0.29) is 18.4 Å². The summed E-state index contributed by atoms with van der Waals surface area (Å²) in [5.74, 6) is 1.14. The summed E-state index contributed by atoms with van der Waals surface area (Å²) >= 11 is 6.26. The number of rotatable bonds is 6. The van der Waals surface area contributed by atoms with Crippen LogP contribution in [0.1, 0.15) is 24.4 Å². The van der Waals surface area contributed by atoms with Crippen molar-refractivity contribution in [2.24, 2.45) is 5.73 Å². The molecule has 0 amide bonds. The Balaban J connectivity index is 0.00000289. The number of halogens is 2. The van der Waals surface area contributed by atoms with E-state index < -0.39 is 0 Å². The van der Waals surface area contributed by atoms with Crippen molar-refractivity contribution >= 4 is 24.0 Å². The van der Waals surface area contributed by atoms with Gasteiger partial charge in [0.15, 0.2) is 11.5 Å². The van der Waals surface area contributed by atoms with Crippen molar-refractivity contribution in [1.29, 1.82) is 0 Å². The fourth-order valence-corrected chi connectivity index (χ4v) is 2.02. The van der Waals surface area contributed by atoms with Crippen molar-refractivity contribution in [3.05, 3.63) is 35.4 Å². The molecular weight excluding hydrogens is 273 g/mol. The third kappa shape index (κ3) is 3.80. The van der Waals surface area contributed by atoms with Gasteiger partial charge in [-0.3, -0.25) is 0 Å². The molecular formula is C13H19Cl2NO2. The van der Waals surface area contributed by atoms with Gasteiger partial charge in [0.1, 0.15) is 0 Å². The number of hydrogen-bond donors (Lipinski definition) is 1. The summed E-state index contributed by atoms with van der Waals surface area (Å²) in [4.78, 5) is 0. The van der Waals surface area contributed by atoms with Gasteiger partial charge in [0, 0.05) is 6.04 Å². The lowest BCUT2D eigenvalue weighted by Crippen LogP contribution is -2.11. The molecule has 0 unspecified atom stereocenters. The van der Waals surface area contributed by atoms with Gasteiger partial charge in [-0.25, -0.2) is 0 Å². The number of ether oxygens (including phenoxy) is 2. The number of methoxy groups -OCH3 is 2. The molecule has 0 aliphatic heterocycles. The summed E-state index contributed by atoms with van der Waals surface area (Å²) in [5.41, 5.74) is 6.94. The van der Waals surface area contributed by atoms with E-state index in [1.807, 2.05) is 18.2 Å². The molecule has 0 heterocycles. The summed E-state index contributed by atoms with van der Waals surface area (Å²) < 4.78 is 10.4. The number of benzene rings is 1. The zero-order valence-electron chi connectivity index (χ0n) is 10.6.